The van der Waals surface area contributed by atoms with Crippen molar-refractivity contribution < 1.29 is 14.4 Å². The van der Waals surface area contributed by atoms with Gasteiger partial charge < -0.3 is 4.98 Å². The fourth-order valence-electron chi connectivity index (χ4n) is 4.44. The van der Waals surface area contributed by atoms with Gasteiger partial charge in [0.1, 0.15) is 5.82 Å². The number of piperidine rings is 1. The Balaban J connectivity index is 1.38. The van der Waals surface area contributed by atoms with E-state index in [1.54, 1.807) is 12.1 Å². The molecule has 2 heterocycles. The van der Waals surface area contributed by atoms with Crippen molar-refractivity contribution in [2.45, 2.75) is 25.8 Å². The molecule has 2 aromatic carbocycles. The highest BCUT2D eigenvalue weighted by Crippen LogP contribution is 2.29. The second kappa shape index (κ2) is 9.94. The predicted octanol–water partition coefficient (Wildman–Crippen LogP) is 4.84. The van der Waals surface area contributed by atoms with Gasteiger partial charge in [0.25, 0.3) is 5.91 Å². The van der Waals surface area contributed by atoms with E-state index < -0.39 is 5.91 Å². The van der Waals surface area contributed by atoms with Gasteiger partial charge in [0, 0.05) is 41.8 Å². The lowest BCUT2D eigenvalue weighted by Gasteiger charge is -2.34. The van der Waals surface area contributed by atoms with Crippen molar-refractivity contribution >= 4 is 22.9 Å². The number of likely N-dealkylation sites (tertiary alicyclic amines) is 1. The number of nitrogens with zero attached hydrogens (tertiary/aromatic N) is 1. The lowest BCUT2D eigenvalue weighted by atomic mass is 9.87. The summed E-state index contributed by atoms with van der Waals surface area (Å²) < 4.78 is 14.6. The van der Waals surface area contributed by atoms with Crippen LogP contribution in [0.5, 0.6) is 0 Å². The molecule has 1 unspecified atom stereocenters. The number of aromatic amines is 1. The van der Waals surface area contributed by atoms with Gasteiger partial charge in [0.05, 0.1) is 0 Å². The average molecular weight is 434 g/mol. The van der Waals surface area contributed by atoms with Crippen LogP contribution >= 0.6 is 0 Å². The number of carbonyl (C=O) groups excluding carboxylic acids is 1. The maximum absolute atomic E-state index is 14.6. The van der Waals surface area contributed by atoms with Gasteiger partial charge in [0.2, 0.25) is 0 Å². The molecule has 0 aliphatic carbocycles. The summed E-state index contributed by atoms with van der Waals surface area (Å²) in [5.41, 5.74) is 6.36. The maximum Gasteiger partial charge on any atom is 0.267 e. The molecular formula is C26H28FN3O2. The number of hydroxylamine groups is 1. The molecule has 4 rings (SSSR count). The molecule has 1 aliphatic heterocycles. The monoisotopic (exact) mass is 433 g/mol. The minimum absolute atomic E-state index is 0.295. The Kier molecular flexibility index (Phi) is 6.83. The van der Waals surface area contributed by atoms with Crippen molar-refractivity contribution in [2.75, 3.05) is 13.1 Å². The van der Waals surface area contributed by atoms with Gasteiger partial charge in [0.15, 0.2) is 0 Å². The van der Waals surface area contributed by atoms with E-state index in [0.717, 1.165) is 43.9 Å². The molecular weight excluding hydrogens is 405 g/mol. The predicted molar refractivity (Wildman–Crippen MR) is 125 cm³/mol. The minimum atomic E-state index is -0.651. The number of rotatable bonds is 7. The van der Waals surface area contributed by atoms with Crippen LogP contribution in [-0.2, 0) is 17.8 Å². The largest absolute Gasteiger partial charge is 0.361 e. The SMILES string of the molecule is C=C(Cc1c[nH]c2ccccc12)C1CCCN(Cc2ccc(/C=C/C(=O)NO)cc2F)C1. The summed E-state index contributed by atoms with van der Waals surface area (Å²) in [4.78, 5) is 16.7. The highest BCUT2D eigenvalue weighted by molar-refractivity contribution is 5.90. The molecule has 0 saturated carbocycles. The zero-order valence-corrected chi connectivity index (χ0v) is 18.0. The van der Waals surface area contributed by atoms with Gasteiger partial charge in [-0.2, -0.15) is 0 Å². The molecule has 0 radical (unpaired) electrons. The normalized spacial score (nSPS) is 17.1. The average Bonchev–Trinajstić information content (AvgIpc) is 3.22. The molecule has 32 heavy (non-hydrogen) atoms. The molecule has 1 saturated heterocycles. The van der Waals surface area contributed by atoms with Gasteiger partial charge in [-0.05, 0) is 61.1 Å². The molecule has 1 fully saturated rings. The van der Waals surface area contributed by atoms with Crippen molar-refractivity contribution in [2.24, 2.45) is 5.92 Å². The summed E-state index contributed by atoms with van der Waals surface area (Å²) in [6.07, 6.45) is 7.71. The van der Waals surface area contributed by atoms with E-state index in [1.807, 2.05) is 6.07 Å². The van der Waals surface area contributed by atoms with Crippen molar-refractivity contribution in [1.29, 1.82) is 0 Å². The Hall–Kier alpha value is -3.22. The van der Waals surface area contributed by atoms with Crippen LogP contribution in [0.2, 0.25) is 0 Å². The molecule has 3 aromatic rings. The van der Waals surface area contributed by atoms with Gasteiger partial charge in [-0.3, -0.25) is 14.9 Å². The molecule has 166 valence electrons. The van der Waals surface area contributed by atoms with Gasteiger partial charge in [-0.15, -0.1) is 0 Å². The van der Waals surface area contributed by atoms with Crippen LogP contribution in [0.4, 0.5) is 4.39 Å². The number of carbonyl (C=O) groups is 1. The molecule has 5 nitrogen and oxygen atoms in total. The fraction of sp³-hybridized carbons (Fsp3) is 0.269. The van der Waals surface area contributed by atoms with Crippen molar-refractivity contribution in [3.8, 4) is 0 Å². The van der Waals surface area contributed by atoms with E-state index in [4.69, 9.17) is 5.21 Å². The zero-order chi connectivity index (χ0) is 22.5. The lowest BCUT2D eigenvalue weighted by molar-refractivity contribution is -0.124. The summed E-state index contributed by atoms with van der Waals surface area (Å²) in [6.45, 7) is 6.76. The molecule has 0 bridgehead atoms. The van der Waals surface area contributed by atoms with Crippen LogP contribution in [0, 0.1) is 11.7 Å². The van der Waals surface area contributed by atoms with Crippen molar-refractivity contribution in [3.63, 3.8) is 0 Å². The Labute approximate surface area is 187 Å². The van der Waals surface area contributed by atoms with Crippen molar-refractivity contribution in [3.05, 3.63) is 89.4 Å². The van der Waals surface area contributed by atoms with Gasteiger partial charge in [-0.25, -0.2) is 9.87 Å². The van der Waals surface area contributed by atoms with E-state index in [2.05, 4.69) is 40.9 Å². The standard InChI is InChI=1S/C26H28FN3O2/c1-18(13-22-15-28-25-7-3-2-6-23(22)25)20-5-4-12-30(16-20)17-21-10-8-19(14-24(21)27)9-11-26(31)29-32/h2-3,6-11,14-15,20,28,32H,1,4-5,12-13,16-17H2,(H,29,31)/b11-9+. The van der Waals surface area contributed by atoms with E-state index >= 15 is 0 Å². The Morgan fingerprint density at radius 1 is 1.28 bits per heavy atom. The second-order valence-electron chi connectivity index (χ2n) is 8.43. The Bertz CT molecular complexity index is 1150. The van der Waals surface area contributed by atoms with Crippen LogP contribution in [-0.4, -0.2) is 34.1 Å². The first-order valence-corrected chi connectivity index (χ1v) is 10.9. The zero-order valence-electron chi connectivity index (χ0n) is 18.0. The fourth-order valence-corrected chi connectivity index (χ4v) is 4.44. The number of fused-ring (bicyclic) bond motifs is 1. The minimum Gasteiger partial charge on any atom is -0.361 e. The summed E-state index contributed by atoms with van der Waals surface area (Å²) in [7, 11) is 0. The number of hydrogen-bond donors (Lipinski definition) is 3. The second-order valence-corrected chi connectivity index (χ2v) is 8.43. The van der Waals surface area contributed by atoms with Crippen LogP contribution in [0.1, 0.15) is 29.5 Å². The summed E-state index contributed by atoms with van der Waals surface area (Å²) >= 11 is 0. The third-order valence-electron chi connectivity index (χ3n) is 6.18. The number of para-hydroxylation sites is 1. The summed E-state index contributed by atoms with van der Waals surface area (Å²) in [5.74, 6) is -0.558. The molecule has 1 amide bonds. The van der Waals surface area contributed by atoms with E-state index in [9.17, 15) is 9.18 Å². The van der Waals surface area contributed by atoms with Crippen LogP contribution in [0.3, 0.4) is 0 Å². The van der Waals surface area contributed by atoms with Crippen LogP contribution in [0.25, 0.3) is 17.0 Å². The Morgan fingerprint density at radius 2 is 2.12 bits per heavy atom. The molecule has 6 heteroatoms. The third kappa shape index (κ3) is 5.15. The first-order chi connectivity index (χ1) is 15.5. The number of H-pyrrole nitrogens is 1. The third-order valence-corrected chi connectivity index (χ3v) is 6.18. The summed E-state index contributed by atoms with van der Waals surface area (Å²) in [5, 5.41) is 9.78. The number of aromatic nitrogens is 1. The number of benzene rings is 2. The molecule has 1 atom stereocenters. The number of halogens is 1. The van der Waals surface area contributed by atoms with E-state index in [0.29, 0.717) is 23.6 Å². The Morgan fingerprint density at radius 3 is 2.94 bits per heavy atom. The van der Waals surface area contributed by atoms with Crippen molar-refractivity contribution in [1.82, 2.24) is 15.4 Å². The number of nitrogens with one attached hydrogen (secondary N) is 2. The van der Waals surface area contributed by atoms with E-state index in [1.165, 1.54) is 34.1 Å². The number of hydrogen-bond acceptors (Lipinski definition) is 3. The number of amides is 1. The highest BCUT2D eigenvalue weighted by atomic mass is 19.1. The first kappa shape index (κ1) is 22.0. The van der Waals surface area contributed by atoms with E-state index in [-0.39, 0.29) is 5.82 Å². The molecule has 1 aromatic heterocycles. The molecule has 3 N–H and O–H groups in total. The lowest BCUT2D eigenvalue weighted by Crippen LogP contribution is -2.36. The van der Waals surface area contributed by atoms with Crippen LogP contribution in [0.15, 0.2) is 66.9 Å². The molecule has 1 aliphatic rings. The first-order valence-electron chi connectivity index (χ1n) is 10.9. The summed E-state index contributed by atoms with van der Waals surface area (Å²) in [6, 6.07) is 13.3. The maximum atomic E-state index is 14.6. The van der Waals surface area contributed by atoms with Crippen LogP contribution < -0.4 is 5.48 Å². The van der Waals surface area contributed by atoms with Gasteiger partial charge in [-0.1, -0.05) is 42.5 Å². The highest BCUT2D eigenvalue weighted by Gasteiger charge is 2.23. The quantitative estimate of drug-likeness (QED) is 0.216. The molecule has 0 spiro atoms. The smallest absolute Gasteiger partial charge is 0.267 e. The van der Waals surface area contributed by atoms with Gasteiger partial charge >= 0.3 is 0 Å². The topological polar surface area (TPSA) is 68.4 Å².